The maximum Gasteiger partial charge on any atom is 0.329 e. The molecule has 210 valence electrons. The number of nitrogens with zero attached hydrogens (tertiary/aromatic N) is 2. The van der Waals surface area contributed by atoms with Crippen molar-refractivity contribution >= 4 is 8.60 Å². The molecular weight excluding hydrogens is 455 g/mol. The van der Waals surface area contributed by atoms with Gasteiger partial charge < -0.3 is 13.9 Å². The Morgan fingerprint density at radius 3 is 1.80 bits per heavy atom. The molecule has 0 saturated carbocycles. The average molecular weight is 517 g/mol. The number of rotatable bonds is 24. The molecule has 1 atom stereocenters. The van der Waals surface area contributed by atoms with Crippen LogP contribution in [0.5, 0.6) is 0 Å². The van der Waals surface area contributed by atoms with Crippen LogP contribution in [0, 0.1) is 0 Å². The molecule has 1 fully saturated rings. The maximum absolute atomic E-state index is 10.1. The third kappa shape index (κ3) is 19.0. The van der Waals surface area contributed by atoms with Gasteiger partial charge in [0.15, 0.2) is 0 Å². The largest absolute Gasteiger partial charge is 0.329 e. The molecule has 0 bridgehead atoms. The highest BCUT2D eigenvalue weighted by Gasteiger charge is 2.22. The van der Waals surface area contributed by atoms with Gasteiger partial charge in [0.25, 0.3) is 0 Å². The van der Waals surface area contributed by atoms with Gasteiger partial charge in [0, 0.05) is 25.7 Å². The van der Waals surface area contributed by atoms with E-state index >= 15 is 0 Å². The first-order valence-corrected chi connectivity index (χ1v) is 16.5. The van der Waals surface area contributed by atoms with E-state index in [0.29, 0.717) is 13.2 Å². The van der Waals surface area contributed by atoms with E-state index in [0.717, 1.165) is 32.1 Å². The van der Waals surface area contributed by atoms with E-state index in [1.54, 1.807) is 0 Å². The monoisotopic (exact) mass is 516 g/mol. The van der Waals surface area contributed by atoms with Crippen molar-refractivity contribution in [2.75, 3.05) is 45.9 Å². The van der Waals surface area contributed by atoms with E-state index in [-0.39, 0.29) is 0 Å². The Morgan fingerprint density at radius 2 is 1.17 bits per heavy atom. The van der Waals surface area contributed by atoms with Crippen LogP contribution in [0.4, 0.5) is 0 Å². The normalized spacial score (nSPS) is 16.7. The molecule has 1 aliphatic heterocycles. The summed E-state index contributed by atoms with van der Waals surface area (Å²) in [5.41, 5.74) is 0. The van der Waals surface area contributed by atoms with Gasteiger partial charge >= 0.3 is 8.60 Å². The first kappa shape index (κ1) is 33.3. The molecule has 6 heteroatoms. The minimum atomic E-state index is -1.72. The Labute approximate surface area is 220 Å². The van der Waals surface area contributed by atoms with Gasteiger partial charge in [-0.3, -0.25) is 9.80 Å². The van der Waals surface area contributed by atoms with Crippen LogP contribution in [0.3, 0.4) is 0 Å². The molecule has 0 amide bonds. The number of unbranched alkanes of at least 4 members (excludes halogenated alkanes) is 12. The highest BCUT2D eigenvalue weighted by molar-refractivity contribution is 7.40. The summed E-state index contributed by atoms with van der Waals surface area (Å²) in [7, 11) is -1.72. The Bertz CT molecular complexity index is 432. The van der Waals surface area contributed by atoms with Gasteiger partial charge in [0.05, 0.1) is 13.2 Å². The van der Waals surface area contributed by atoms with Crippen LogP contribution in [0.1, 0.15) is 136 Å². The fraction of sp³-hybridized carbons (Fsp3) is 1.00. The van der Waals surface area contributed by atoms with Crippen LogP contribution in [0.15, 0.2) is 0 Å². The molecule has 0 aromatic rings. The minimum absolute atomic E-state index is 0.566. The predicted octanol–water partition coefficient (Wildman–Crippen LogP) is 8.31. The van der Waals surface area contributed by atoms with Crippen molar-refractivity contribution in [3.63, 3.8) is 0 Å². The molecule has 1 unspecified atom stereocenters. The second-order valence-corrected chi connectivity index (χ2v) is 11.6. The third-order valence-corrected chi connectivity index (χ3v) is 8.29. The predicted molar refractivity (Wildman–Crippen MR) is 153 cm³/mol. The van der Waals surface area contributed by atoms with Crippen molar-refractivity contribution in [1.29, 1.82) is 0 Å². The second-order valence-electron chi connectivity index (χ2n) is 10.6. The first-order valence-electron chi connectivity index (χ1n) is 15.4. The molecule has 0 spiro atoms. The zero-order valence-electron chi connectivity index (χ0n) is 23.9. The van der Waals surface area contributed by atoms with Crippen molar-refractivity contribution in [2.45, 2.75) is 142 Å². The first-order chi connectivity index (χ1) is 17.2. The fourth-order valence-electron chi connectivity index (χ4n) is 5.19. The highest BCUT2D eigenvalue weighted by Crippen LogP contribution is 2.32. The zero-order chi connectivity index (χ0) is 25.4. The van der Waals surface area contributed by atoms with Gasteiger partial charge in [-0.1, -0.05) is 111 Å². The lowest BCUT2D eigenvalue weighted by atomic mass is 9.99. The van der Waals surface area contributed by atoms with Gasteiger partial charge in [-0.2, -0.15) is 0 Å². The van der Waals surface area contributed by atoms with Gasteiger partial charge in [-0.15, -0.1) is 0 Å². The molecule has 1 rings (SSSR count). The molecule has 35 heavy (non-hydrogen) atoms. The summed E-state index contributed by atoms with van der Waals surface area (Å²) < 4.78 is 11.1. The van der Waals surface area contributed by atoms with E-state index in [1.807, 2.05) is 0 Å². The van der Waals surface area contributed by atoms with Crippen LogP contribution in [-0.2, 0) is 9.05 Å². The van der Waals surface area contributed by atoms with Gasteiger partial charge in [0.1, 0.15) is 0 Å². The lowest BCUT2D eigenvalue weighted by molar-refractivity contribution is 0.156. The Balaban J connectivity index is 2.21. The Hall–Kier alpha value is 0.230. The van der Waals surface area contributed by atoms with Crippen LogP contribution in [0.25, 0.3) is 0 Å². The SMILES string of the molecule is CCCCCCCCCOP(O)OCCN1CCCN(C(CCCCCC)CCCCCC)CC1. The van der Waals surface area contributed by atoms with Gasteiger partial charge in [0.2, 0.25) is 0 Å². The highest BCUT2D eigenvalue weighted by atomic mass is 31.2. The Kier molecular flexibility index (Phi) is 23.3. The fourth-order valence-corrected chi connectivity index (χ4v) is 5.79. The average Bonchev–Trinajstić information content (AvgIpc) is 3.10. The van der Waals surface area contributed by atoms with Crippen LogP contribution >= 0.6 is 8.60 Å². The van der Waals surface area contributed by atoms with Crippen molar-refractivity contribution in [2.24, 2.45) is 0 Å². The van der Waals surface area contributed by atoms with Crippen molar-refractivity contribution < 1.29 is 13.9 Å². The molecule has 1 aliphatic rings. The molecule has 0 aliphatic carbocycles. The summed E-state index contributed by atoms with van der Waals surface area (Å²) in [6, 6.07) is 0.769. The van der Waals surface area contributed by atoms with Crippen molar-refractivity contribution in [1.82, 2.24) is 9.80 Å². The molecule has 5 nitrogen and oxygen atoms in total. The standard InChI is InChI=1S/C29H61N2O3P/c1-4-7-10-13-14-15-18-27-33-35(32)34-28-26-30-22-19-23-31(25-24-30)29(20-16-11-8-5-2)21-17-12-9-6-3/h29,32H,4-28H2,1-3H3. The molecular formula is C29H61N2O3P. The van der Waals surface area contributed by atoms with E-state index in [9.17, 15) is 4.89 Å². The van der Waals surface area contributed by atoms with Crippen LogP contribution in [-0.4, -0.2) is 66.7 Å². The van der Waals surface area contributed by atoms with Crippen molar-refractivity contribution in [3.8, 4) is 0 Å². The Morgan fingerprint density at radius 1 is 0.629 bits per heavy atom. The topological polar surface area (TPSA) is 45.2 Å². The maximum atomic E-state index is 10.1. The summed E-state index contributed by atoms with van der Waals surface area (Å²) in [6.45, 7) is 13.6. The van der Waals surface area contributed by atoms with E-state index in [1.165, 1.54) is 122 Å². The molecule has 1 N–H and O–H groups in total. The summed E-state index contributed by atoms with van der Waals surface area (Å²) in [4.78, 5) is 15.4. The summed E-state index contributed by atoms with van der Waals surface area (Å²) in [5, 5.41) is 0. The lowest BCUT2D eigenvalue weighted by Gasteiger charge is -2.31. The second kappa shape index (κ2) is 24.6. The van der Waals surface area contributed by atoms with Gasteiger partial charge in [-0.05, 0) is 38.8 Å². The smallest absolute Gasteiger partial charge is 0.328 e. The summed E-state index contributed by atoms with van der Waals surface area (Å²) in [6.07, 6.45) is 23.8. The minimum Gasteiger partial charge on any atom is -0.328 e. The van der Waals surface area contributed by atoms with Crippen LogP contribution in [0.2, 0.25) is 0 Å². The summed E-state index contributed by atoms with van der Waals surface area (Å²) >= 11 is 0. The number of hydrogen-bond acceptors (Lipinski definition) is 5. The molecule has 1 saturated heterocycles. The quantitative estimate of drug-likeness (QED) is 0.103. The molecule has 0 aromatic carbocycles. The third-order valence-electron chi connectivity index (χ3n) is 7.48. The molecule has 0 radical (unpaired) electrons. The van der Waals surface area contributed by atoms with E-state index in [2.05, 4.69) is 30.6 Å². The molecule has 1 heterocycles. The van der Waals surface area contributed by atoms with E-state index in [4.69, 9.17) is 9.05 Å². The zero-order valence-corrected chi connectivity index (χ0v) is 24.8. The van der Waals surface area contributed by atoms with Crippen molar-refractivity contribution in [3.05, 3.63) is 0 Å². The summed E-state index contributed by atoms with van der Waals surface area (Å²) in [5.74, 6) is 0. The van der Waals surface area contributed by atoms with Gasteiger partial charge in [-0.25, -0.2) is 0 Å². The van der Waals surface area contributed by atoms with E-state index < -0.39 is 8.60 Å². The lowest BCUT2D eigenvalue weighted by Crippen LogP contribution is -2.39. The number of hydrogen-bond donors (Lipinski definition) is 1. The van der Waals surface area contributed by atoms with Crippen LogP contribution < -0.4 is 0 Å². The molecule has 0 aromatic heterocycles.